The van der Waals surface area contributed by atoms with E-state index in [0.717, 1.165) is 12.1 Å². The first kappa shape index (κ1) is 14.9. The van der Waals surface area contributed by atoms with Crippen LogP contribution in [0.4, 0.5) is 19.0 Å². The number of hydrogen-bond acceptors (Lipinski definition) is 3. The fraction of sp³-hybridized carbons (Fsp3) is 0.250. The van der Waals surface area contributed by atoms with E-state index in [0.29, 0.717) is 15.7 Å². The second-order valence-electron chi connectivity index (χ2n) is 4.09. The molecule has 0 bridgehead atoms. The van der Waals surface area contributed by atoms with Gasteiger partial charge in [-0.2, -0.15) is 18.3 Å². The molecule has 0 saturated carbocycles. The third kappa shape index (κ3) is 2.96. The Morgan fingerprint density at radius 1 is 1.30 bits per heavy atom. The van der Waals surface area contributed by atoms with Crippen LogP contribution in [0.2, 0.25) is 0 Å². The zero-order chi connectivity index (χ0) is 14.9. The van der Waals surface area contributed by atoms with Crippen molar-refractivity contribution < 1.29 is 18.3 Å². The zero-order valence-corrected chi connectivity index (χ0v) is 11.7. The van der Waals surface area contributed by atoms with Crippen molar-refractivity contribution in [3.63, 3.8) is 0 Å². The van der Waals surface area contributed by atoms with E-state index in [2.05, 4.69) is 21.0 Å². The van der Waals surface area contributed by atoms with E-state index in [1.54, 1.807) is 0 Å². The first-order chi connectivity index (χ1) is 9.32. The van der Waals surface area contributed by atoms with Crippen LogP contribution < -0.4 is 5.73 Å². The second-order valence-corrected chi connectivity index (χ2v) is 4.95. The quantitative estimate of drug-likeness (QED) is 0.895. The summed E-state index contributed by atoms with van der Waals surface area (Å²) < 4.78 is 40.0. The van der Waals surface area contributed by atoms with Gasteiger partial charge in [0.15, 0.2) is 0 Å². The van der Waals surface area contributed by atoms with Crippen LogP contribution >= 0.6 is 15.9 Å². The largest absolute Gasteiger partial charge is 0.416 e. The monoisotopic (exact) mass is 349 g/mol. The Morgan fingerprint density at radius 2 is 2.00 bits per heavy atom. The third-order valence-electron chi connectivity index (χ3n) is 2.69. The lowest BCUT2D eigenvalue weighted by molar-refractivity contribution is -0.137. The molecule has 20 heavy (non-hydrogen) atoms. The first-order valence-electron chi connectivity index (χ1n) is 5.64. The number of aliphatic hydroxyl groups is 1. The highest BCUT2D eigenvalue weighted by atomic mass is 79.9. The summed E-state index contributed by atoms with van der Waals surface area (Å²) >= 11 is 3.20. The summed E-state index contributed by atoms with van der Waals surface area (Å²) in [5.41, 5.74) is 5.54. The lowest BCUT2D eigenvalue weighted by Gasteiger charge is -2.09. The summed E-state index contributed by atoms with van der Waals surface area (Å²) in [5.74, 6) is 0.276. The van der Waals surface area contributed by atoms with Crippen molar-refractivity contribution in [2.45, 2.75) is 12.7 Å². The van der Waals surface area contributed by atoms with E-state index in [-0.39, 0.29) is 19.0 Å². The Kier molecular flexibility index (Phi) is 4.05. The Bertz CT molecular complexity index is 625. The Balaban J connectivity index is 2.49. The minimum Gasteiger partial charge on any atom is -0.394 e. The highest BCUT2D eigenvalue weighted by Crippen LogP contribution is 2.36. The normalized spacial score (nSPS) is 11.8. The van der Waals surface area contributed by atoms with Gasteiger partial charge in [-0.1, -0.05) is 15.9 Å². The molecule has 0 aliphatic carbocycles. The van der Waals surface area contributed by atoms with E-state index in [9.17, 15) is 13.2 Å². The molecule has 1 heterocycles. The Hall–Kier alpha value is -1.54. The molecule has 0 fully saturated rings. The number of nitrogen functional groups attached to an aromatic ring is 1. The highest BCUT2D eigenvalue weighted by molar-refractivity contribution is 9.10. The summed E-state index contributed by atoms with van der Waals surface area (Å²) in [7, 11) is 0. The lowest BCUT2D eigenvalue weighted by Crippen LogP contribution is -2.07. The summed E-state index contributed by atoms with van der Waals surface area (Å²) in [6.45, 7) is 0.0253. The maximum absolute atomic E-state index is 12.7. The van der Waals surface area contributed by atoms with Crippen LogP contribution in [-0.4, -0.2) is 21.5 Å². The number of aliphatic hydroxyl groups excluding tert-OH is 1. The molecule has 2 rings (SSSR count). The van der Waals surface area contributed by atoms with Gasteiger partial charge in [0.25, 0.3) is 0 Å². The van der Waals surface area contributed by atoms with E-state index < -0.39 is 11.7 Å². The predicted molar refractivity (Wildman–Crippen MR) is 71.9 cm³/mol. The number of benzene rings is 1. The van der Waals surface area contributed by atoms with Crippen LogP contribution in [0.1, 0.15) is 5.56 Å². The summed E-state index contributed by atoms with van der Waals surface area (Å²) in [6, 6.07) is 4.78. The van der Waals surface area contributed by atoms with Gasteiger partial charge < -0.3 is 10.8 Å². The van der Waals surface area contributed by atoms with Gasteiger partial charge in [0.2, 0.25) is 0 Å². The van der Waals surface area contributed by atoms with Crippen molar-refractivity contribution in [1.29, 1.82) is 0 Å². The van der Waals surface area contributed by atoms with Crippen molar-refractivity contribution >= 4 is 21.7 Å². The number of alkyl halides is 3. The maximum atomic E-state index is 12.7. The maximum Gasteiger partial charge on any atom is 0.416 e. The molecule has 108 valence electrons. The van der Waals surface area contributed by atoms with Crippen molar-refractivity contribution in [2.75, 3.05) is 12.3 Å². The summed E-state index contributed by atoms with van der Waals surface area (Å²) in [5, 5.41) is 12.9. The predicted octanol–water partition coefficient (Wildman–Crippen LogP) is 2.91. The van der Waals surface area contributed by atoms with Gasteiger partial charge in [-0.05, 0) is 18.2 Å². The molecule has 1 aromatic heterocycles. The van der Waals surface area contributed by atoms with Gasteiger partial charge in [0.1, 0.15) is 5.82 Å². The molecule has 0 atom stereocenters. The van der Waals surface area contributed by atoms with Crippen LogP contribution in [0.5, 0.6) is 0 Å². The molecule has 0 radical (unpaired) electrons. The molecule has 4 nitrogen and oxygen atoms in total. The molecule has 0 aliphatic heterocycles. The molecule has 0 amide bonds. The SMILES string of the molecule is Nc1cc(-c2cc(C(F)(F)F)ccc2Br)nn1CCO. The van der Waals surface area contributed by atoms with Crippen molar-refractivity contribution in [3.05, 3.63) is 34.3 Å². The zero-order valence-electron chi connectivity index (χ0n) is 10.2. The van der Waals surface area contributed by atoms with Crippen LogP contribution in [-0.2, 0) is 12.7 Å². The van der Waals surface area contributed by atoms with E-state index in [4.69, 9.17) is 10.8 Å². The number of aromatic nitrogens is 2. The van der Waals surface area contributed by atoms with Crippen LogP contribution in [0.3, 0.4) is 0 Å². The molecule has 0 spiro atoms. The van der Waals surface area contributed by atoms with Crippen molar-refractivity contribution in [2.24, 2.45) is 0 Å². The molecule has 0 aliphatic rings. The van der Waals surface area contributed by atoms with Crippen LogP contribution in [0.25, 0.3) is 11.3 Å². The average molecular weight is 350 g/mol. The van der Waals surface area contributed by atoms with Crippen molar-refractivity contribution in [1.82, 2.24) is 9.78 Å². The van der Waals surface area contributed by atoms with Gasteiger partial charge in [-0.25, -0.2) is 4.68 Å². The fourth-order valence-electron chi connectivity index (χ4n) is 1.73. The minimum absolute atomic E-state index is 0.158. The smallest absolute Gasteiger partial charge is 0.394 e. The average Bonchev–Trinajstić information content (AvgIpc) is 2.70. The summed E-state index contributed by atoms with van der Waals surface area (Å²) in [6.07, 6.45) is -4.42. The lowest BCUT2D eigenvalue weighted by atomic mass is 10.1. The number of rotatable bonds is 3. The second kappa shape index (κ2) is 5.45. The van der Waals surface area contributed by atoms with Gasteiger partial charge in [-0.3, -0.25) is 0 Å². The van der Waals surface area contributed by atoms with Gasteiger partial charge in [0.05, 0.1) is 24.4 Å². The molecule has 2 aromatic rings. The van der Waals surface area contributed by atoms with E-state index >= 15 is 0 Å². The van der Waals surface area contributed by atoms with E-state index in [1.807, 2.05) is 0 Å². The Morgan fingerprint density at radius 3 is 2.60 bits per heavy atom. The highest BCUT2D eigenvalue weighted by Gasteiger charge is 2.31. The summed E-state index contributed by atoms with van der Waals surface area (Å²) in [4.78, 5) is 0. The van der Waals surface area contributed by atoms with Gasteiger partial charge >= 0.3 is 6.18 Å². The number of nitrogens with zero attached hydrogens (tertiary/aromatic N) is 2. The molecular formula is C12H11BrF3N3O. The fourth-order valence-corrected chi connectivity index (χ4v) is 2.18. The molecule has 0 unspecified atom stereocenters. The molecule has 0 saturated heterocycles. The first-order valence-corrected chi connectivity index (χ1v) is 6.43. The number of hydrogen-bond donors (Lipinski definition) is 2. The van der Waals surface area contributed by atoms with Gasteiger partial charge in [0, 0.05) is 16.1 Å². The molecular weight excluding hydrogens is 339 g/mol. The number of halogens is 4. The van der Waals surface area contributed by atoms with Crippen molar-refractivity contribution in [3.8, 4) is 11.3 Å². The molecule has 1 aromatic carbocycles. The minimum atomic E-state index is -4.42. The van der Waals surface area contributed by atoms with Gasteiger partial charge in [-0.15, -0.1) is 0 Å². The Labute approximate surface area is 121 Å². The topological polar surface area (TPSA) is 64.1 Å². The third-order valence-corrected chi connectivity index (χ3v) is 3.38. The number of anilines is 1. The molecule has 8 heteroatoms. The number of nitrogens with two attached hydrogens (primary N) is 1. The standard InChI is InChI=1S/C12H11BrF3N3O/c13-9-2-1-7(12(14,15)16)5-8(9)10-6-11(17)19(18-10)3-4-20/h1-2,5-6,20H,3-4,17H2. The molecule has 3 N–H and O–H groups in total. The van der Waals surface area contributed by atoms with Crippen LogP contribution in [0, 0.1) is 0 Å². The van der Waals surface area contributed by atoms with Crippen LogP contribution in [0.15, 0.2) is 28.7 Å². The van der Waals surface area contributed by atoms with E-state index in [1.165, 1.54) is 16.8 Å².